The van der Waals surface area contributed by atoms with Crippen molar-refractivity contribution in [3.05, 3.63) is 141 Å². The lowest BCUT2D eigenvalue weighted by Crippen LogP contribution is -2.30. The Bertz CT molecular complexity index is 1710. The fourth-order valence-corrected chi connectivity index (χ4v) is 4.02. The van der Waals surface area contributed by atoms with E-state index >= 15 is 0 Å². The predicted octanol–water partition coefficient (Wildman–Crippen LogP) is 5.92. The third kappa shape index (κ3) is 7.80. The third-order valence-electron chi connectivity index (χ3n) is 6.24. The Morgan fingerprint density at radius 1 is 0.791 bits per heavy atom. The van der Waals surface area contributed by atoms with Gasteiger partial charge < -0.3 is 20.1 Å². The molecule has 2 N–H and O–H groups in total. The number of nitro benzene ring substituents is 1. The highest BCUT2D eigenvalue weighted by atomic mass is 16.6. The van der Waals surface area contributed by atoms with Crippen molar-refractivity contribution in [2.45, 2.75) is 0 Å². The van der Waals surface area contributed by atoms with Crippen LogP contribution in [0.4, 0.5) is 11.4 Å². The number of carbonyl (C=O) groups is 3. The topological polar surface area (TPSA) is 137 Å². The Morgan fingerprint density at radius 2 is 1.49 bits per heavy atom. The van der Waals surface area contributed by atoms with Gasteiger partial charge in [-0.1, -0.05) is 30.3 Å². The Hall–Kier alpha value is -6.03. The van der Waals surface area contributed by atoms with Gasteiger partial charge in [-0.2, -0.15) is 0 Å². The van der Waals surface area contributed by atoms with Crippen molar-refractivity contribution in [2.75, 3.05) is 19.5 Å². The molecule has 0 atom stereocenters. The number of benzene rings is 4. The molecule has 0 spiro atoms. The number of nitrogens with one attached hydrogen (secondary N) is 2. The summed E-state index contributed by atoms with van der Waals surface area (Å²) >= 11 is 0. The molecular formula is C33H27N3O7. The smallest absolute Gasteiger partial charge is 0.276 e. The first kappa shape index (κ1) is 29.9. The predicted molar refractivity (Wildman–Crippen MR) is 163 cm³/mol. The molecule has 0 aliphatic heterocycles. The zero-order valence-corrected chi connectivity index (χ0v) is 23.3. The van der Waals surface area contributed by atoms with E-state index < -0.39 is 16.7 Å². The summed E-state index contributed by atoms with van der Waals surface area (Å²) in [6, 6.07) is 25.5. The quantitative estimate of drug-likeness (QED) is 0.0977. The molecule has 4 aromatic rings. The van der Waals surface area contributed by atoms with E-state index in [2.05, 4.69) is 10.6 Å². The minimum absolute atomic E-state index is 0.131. The number of nitro groups is 1. The number of anilines is 1. The molecule has 10 nitrogen and oxygen atoms in total. The SMILES string of the molecule is COc1ccc(OC)c(/C=C/C(=O)c2ccc(NC(=O)/C(=C/c3ccccc3[N+](=O)[O-])NC(=O)c3ccccc3)cc2)c1. The van der Waals surface area contributed by atoms with Crippen molar-refractivity contribution in [2.24, 2.45) is 0 Å². The number of hydrogen-bond donors (Lipinski definition) is 2. The number of hydrogen-bond acceptors (Lipinski definition) is 7. The molecule has 0 heterocycles. The number of nitrogens with zero attached hydrogens (tertiary/aromatic N) is 1. The monoisotopic (exact) mass is 577 g/mol. The lowest BCUT2D eigenvalue weighted by molar-refractivity contribution is -0.385. The molecule has 2 amide bonds. The largest absolute Gasteiger partial charge is 0.497 e. The highest BCUT2D eigenvalue weighted by Crippen LogP contribution is 2.25. The number of rotatable bonds is 11. The summed E-state index contributed by atoms with van der Waals surface area (Å²) in [7, 11) is 3.07. The first-order valence-electron chi connectivity index (χ1n) is 13.0. The first-order chi connectivity index (χ1) is 20.8. The summed E-state index contributed by atoms with van der Waals surface area (Å²) in [5.41, 5.74) is 1.35. The number of carbonyl (C=O) groups excluding carboxylic acids is 3. The van der Waals surface area contributed by atoms with Gasteiger partial charge in [-0.25, -0.2) is 0 Å². The fourth-order valence-electron chi connectivity index (χ4n) is 4.02. The molecule has 0 saturated carbocycles. The van der Waals surface area contributed by atoms with Crippen LogP contribution in [0.2, 0.25) is 0 Å². The average molecular weight is 578 g/mol. The van der Waals surface area contributed by atoms with Gasteiger partial charge in [-0.15, -0.1) is 0 Å². The van der Waals surface area contributed by atoms with Crippen LogP contribution in [0.25, 0.3) is 12.2 Å². The standard InChI is InChI=1S/C33H27N3O7/c1-42-27-17-19-31(43-2)25(20-27)14-18-30(37)22-12-15-26(16-13-22)34-33(39)28(35-32(38)23-8-4-3-5-9-23)21-24-10-6-7-11-29(24)36(40)41/h3-21H,1-2H3,(H,34,39)(H,35,38)/b18-14+,28-21-. The molecular weight excluding hydrogens is 550 g/mol. The molecule has 0 saturated heterocycles. The molecule has 4 rings (SSSR count). The van der Waals surface area contributed by atoms with Crippen molar-refractivity contribution in [1.82, 2.24) is 5.32 Å². The van der Waals surface area contributed by atoms with Crippen molar-refractivity contribution in [1.29, 1.82) is 0 Å². The second-order valence-electron chi connectivity index (χ2n) is 9.03. The molecule has 10 heteroatoms. The van der Waals surface area contributed by atoms with Crippen molar-refractivity contribution in [3.63, 3.8) is 0 Å². The molecule has 216 valence electrons. The van der Waals surface area contributed by atoms with E-state index in [0.29, 0.717) is 33.9 Å². The Kier molecular flexibility index (Phi) is 9.78. The van der Waals surface area contributed by atoms with Gasteiger partial charge in [-0.3, -0.25) is 24.5 Å². The maximum absolute atomic E-state index is 13.3. The molecule has 0 radical (unpaired) electrons. The van der Waals surface area contributed by atoms with Gasteiger partial charge in [0.1, 0.15) is 17.2 Å². The second-order valence-corrected chi connectivity index (χ2v) is 9.03. The van der Waals surface area contributed by atoms with Gasteiger partial charge in [-0.05, 0) is 78.9 Å². The minimum atomic E-state index is -0.716. The Labute approximate surface area is 247 Å². The van der Waals surface area contributed by atoms with Gasteiger partial charge in [0.25, 0.3) is 17.5 Å². The molecule has 0 bridgehead atoms. The van der Waals surface area contributed by atoms with Crippen LogP contribution in [-0.2, 0) is 4.79 Å². The highest BCUT2D eigenvalue weighted by molar-refractivity contribution is 6.11. The maximum Gasteiger partial charge on any atom is 0.276 e. The number of allylic oxidation sites excluding steroid dienone is 1. The van der Waals surface area contributed by atoms with Crippen LogP contribution in [0.5, 0.6) is 11.5 Å². The Morgan fingerprint density at radius 3 is 2.16 bits per heavy atom. The van der Waals surface area contributed by atoms with E-state index in [9.17, 15) is 24.5 Å². The van der Waals surface area contributed by atoms with Crippen molar-refractivity contribution < 1.29 is 28.8 Å². The van der Waals surface area contributed by atoms with Crippen LogP contribution < -0.4 is 20.1 Å². The molecule has 4 aromatic carbocycles. The van der Waals surface area contributed by atoms with E-state index in [4.69, 9.17) is 9.47 Å². The third-order valence-corrected chi connectivity index (χ3v) is 6.24. The van der Waals surface area contributed by atoms with Crippen LogP contribution in [0.3, 0.4) is 0 Å². The lowest BCUT2D eigenvalue weighted by atomic mass is 10.1. The lowest BCUT2D eigenvalue weighted by Gasteiger charge is -2.12. The first-order valence-corrected chi connectivity index (χ1v) is 13.0. The number of methoxy groups -OCH3 is 2. The van der Waals surface area contributed by atoms with Crippen LogP contribution in [0.15, 0.2) is 109 Å². The summed E-state index contributed by atoms with van der Waals surface area (Å²) in [5, 5.41) is 16.7. The van der Waals surface area contributed by atoms with Gasteiger partial charge in [0.2, 0.25) is 0 Å². The molecule has 0 aromatic heterocycles. The average Bonchev–Trinajstić information content (AvgIpc) is 3.03. The van der Waals surface area contributed by atoms with E-state index in [1.54, 1.807) is 79.9 Å². The highest BCUT2D eigenvalue weighted by Gasteiger charge is 2.18. The summed E-state index contributed by atoms with van der Waals surface area (Å²) in [6.07, 6.45) is 4.26. The molecule has 0 aliphatic carbocycles. The van der Waals surface area contributed by atoms with E-state index in [1.807, 2.05) is 0 Å². The minimum Gasteiger partial charge on any atom is -0.497 e. The van der Waals surface area contributed by atoms with Crippen LogP contribution in [0.1, 0.15) is 31.8 Å². The number of amides is 2. The molecule has 43 heavy (non-hydrogen) atoms. The molecule has 0 aliphatic rings. The zero-order chi connectivity index (χ0) is 30.8. The zero-order valence-electron chi connectivity index (χ0n) is 23.3. The summed E-state index contributed by atoms with van der Waals surface area (Å²) in [6.45, 7) is 0. The van der Waals surface area contributed by atoms with E-state index in [0.717, 1.165) is 0 Å². The number of ketones is 1. The van der Waals surface area contributed by atoms with E-state index in [1.165, 1.54) is 49.6 Å². The molecule has 0 unspecified atom stereocenters. The summed E-state index contributed by atoms with van der Waals surface area (Å²) in [4.78, 5) is 49.9. The number of ether oxygens (including phenoxy) is 2. The summed E-state index contributed by atoms with van der Waals surface area (Å²) < 4.78 is 10.6. The van der Waals surface area contributed by atoms with Crippen molar-refractivity contribution >= 4 is 41.1 Å². The molecule has 0 fully saturated rings. The van der Waals surface area contributed by atoms with Crippen LogP contribution >= 0.6 is 0 Å². The van der Waals surface area contributed by atoms with Crippen LogP contribution in [-0.4, -0.2) is 36.7 Å². The van der Waals surface area contributed by atoms with Crippen LogP contribution in [0, 0.1) is 10.1 Å². The Balaban J connectivity index is 1.54. The maximum atomic E-state index is 13.3. The second kappa shape index (κ2) is 14.0. The van der Waals surface area contributed by atoms with Gasteiger partial charge in [0, 0.05) is 28.4 Å². The van der Waals surface area contributed by atoms with Gasteiger partial charge in [0.15, 0.2) is 5.78 Å². The van der Waals surface area contributed by atoms with E-state index in [-0.39, 0.29) is 22.7 Å². The van der Waals surface area contributed by atoms with Crippen molar-refractivity contribution in [3.8, 4) is 11.5 Å². The summed E-state index contributed by atoms with van der Waals surface area (Å²) in [5.74, 6) is -0.377. The van der Waals surface area contributed by atoms with Gasteiger partial charge in [0.05, 0.1) is 24.7 Å². The normalized spacial score (nSPS) is 11.1. The fraction of sp³-hybridized carbons (Fsp3) is 0.0606. The number of para-hydroxylation sites is 1. The van der Waals surface area contributed by atoms with Gasteiger partial charge >= 0.3 is 0 Å².